The molecule has 5 heteroatoms. The van der Waals surface area contributed by atoms with Gasteiger partial charge < -0.3 is 18.9 Å². The molecular formula is C15H20O5. The zero-order chi connectivity index (χ0) is 14.6. The standard InChI is InChI=1S/C15H20O5/c1-17-12-5-4-11(10-13(12)18-2)14(16)15(19-3)6-8-20-9-7-15/h4-5,10H,6-9H2,1-3H3. The zero-order valence-electron chi connectivity index (χ0n) is 12.1. The summed E-state index contributed by atoms with van der Waals surface area (Å²) in [5, 5.41) is 0. The van der Waals surface area contributed by atoms with Gasteiger partial charge in [-0.1, -0.05) is 0 Å². The molecule has 0 aliphatic carbocycles. The summed E-state index contributed by atoms with van der Waals surface area (Å²) in [5.41, 5.74) is -0.232. The SMILES string of the molecule is COc1ccc(C(=O)C2(OC)CCOCC2)cc1OC. The lowest BCUT2D eigenvalue weighted by molar-refractivity contribution is -0.0663. The topological polar surface area (TPSA) is 54.0 Å². The number of benzene rings is 1. The van der Waals surface area contributed by atoms with Crippen LogP contribution in [0.3, 0.4) is 0 Å². The molecule has 1 heterocycles. The Labute approximate surface area is 118 Å². The van der Waals surface area contributed by atoms with Crippen molar-refractivity contribution in [3.63, 3.8) is 0 Å². The third kappa shape index (κ3) is 2.64. The number of ether oxygens (including phenoxy) is 4. The molecule has 0 atom stereocenters. The Morgan fingerprint density at radius 3 is 2.30 bits per heavy atom. The molecule has 110 valence electrons. The summed E-state index contributed by atoms with van der Waals surface area (Å²) in [4.78, 5) is 12.7. The average molecular weight is 280 g/mol. The fourth-order valence-electron chi connectivity index (χ4n) is 2.47. The number of rotatable bonds is 5. The molecule has 1 aliphatic rings. The normalized spacial score (nSPS) is 17.6. The number of hydrogen-bond donors (Lipinski definition) is 0. The minimum Gasteiger partial charge on any atom is -0.493 e. The predicted molar refractivity (Wildman–Crippen MR) is 73.7 cm³/mol. The van der Waals surface area contributed by atoms with Crippen LogP contribution in [-0.4, -0.2) is 45.9 Å². The molecule has 0 saturated carbocycles. The Hall–Kier alpha value is -1.59. The molecule has 1 aromatic rings. The highest BCUT2D eigenvalue weighted by Crippen LogP contribution is 2.33. The minimum absolute atomic E-state index is 0.0377. The molecule has 1 aliphatic heterocycles. The molecule has 2 rings (SSSR count). The van der Waals surface area contributed by atoms with Crippen LogP contribution in [0.4, 0.5) is 0 Å². The number of hydrogen-bond acceptors (Lipinski definition) is 5. The first-order valence-electron chi connectivity index (χ1n) is 6.56. The van der Waals surface area contributed by atoms with Crippen molar-refractivity contribution in [1.29, 1.82) is 0 Å². The van der Waals surface area contributed by atoms with Gasteiger partial charge in [-0.2, -0.15) is 0 Å². The van der Waals surface area contributed by atoms with Crippen LogP contribution in [0.5, 0.6) is 11.5 Å². The van der Waals surface area contributed by atoms with Gasteiger partial charge in [0.25, 0.3) is 0 Å². The summed E-state index contributed by atoms with van der Waals surface area (Å²) in [7, 11) is 4.69. The van der Waals surface area contributed by atoms with Crippen molar-refractivity contribution in [2.75, 3.05) is 34.5 Å². The van der Waals surface area contributed by atoms with Gasteiger partial charge in [-0.05, 0) is 18.2 Å². The lowest BCUT2D eigenvalue weighted by Gasteiger charge is -2.34. The summed E-state index contributed by atoms with van der Waals surface area (Å²) in [6.07, 6.45) is 1.13. The molecule has 0 N–H and O–H groups in total. The van der Waals surface area contributed by atoms with Gasteiger partial charge in [-0.15, -0.1) is 0 Å². The maximum atomic E-state index is 12.7. The van der Waals surface area contributed by atoms with E-state index in [4.69, 9.17) is 18.9 Å². The number of carbonyl (C=O) groups excluding carboxylic acids is 1. The van der Waals surface area contributed by atoms with E-state index in [1.807, 2.05) is 0 Å². The van der Waals surface area contributed by atoms with Gasteiger partial charge in [0.2, 0.25) is 0 Å². The van der Waals surface area contributed by atoms with Crippen molar-refractivity contribution in [2.45, 2.75) is 18.4 Å². The van der Waals surface area contributed by atoms with Gasteiger partial charge in [0, 0.05) is 38.7 Å². The van der Waals surface area contributed by atoms with Crippen molar-refractivity contribution in [2.24, 2.45) is 0 Å². The Bertz CT molecular complexity index is 477. The van der Waals surface area contributed by atoms with Crippen LogP contribution < -0.4 is 9.47 Å². The quantitative estimate of drug-likeness (QED) is 0.773. The molecular weight excluding hydrogens is 260 g/mol. The molecule has 0 unspecified atom stereocenters. The minimum atomic E-state index is -0.794. The summed E-state index contributed by atoms with van der Waals surface area (Å²) < 4.78 is 21.3. The summed E-state index contributed by atoms with van der Waals surface area (Å²) >= 11 is 0. The van der Waals surface area contributed by atoms with E-state index in [9.17, 15) is 4.79 Å². The molecule has 1 saturated heterocycles. The van der Waals surface area contributed by atoms with Crippen molar-refractivity contribution in [3.05, 3.63) is 23.8 Å². The van der Waals surface area contributed by atoms with Crippen molar-refractivity contribution in [3.8, 4) is 11.5 Å². The Morgan fingerprint density at radius 1 is 1.10 bits per heavy atom. The van der Waals surface area contributed by atoms with Crippen LogP contribution in [-0.2, 0) is 9.47 Å². The number of methoxy groups -OCH3 is 3. The van der Waals surface area contributed by atoms with E-state index >= 15 is 0 Å². The first kappa shape index (κ1) is 14.8. The highest BCUT2D eigenvalue weighted by molar-refractivity contribution is 6.03. The van der Waals surface area contributed by atoms with Gasteiger partial charge in [-0.3, -0.25) is 4.79 Å². The van der Waals surface area contributed by atoms with E-state index < -0.39 is 5.60 Å². The van der Waals surface area contributed by atoms with Crippen LogP contribution in [0.15, 0.2) is 18.2 Å². The first-order valence-corrected chi connectivity index (χ1v) is 6.56. The summed E-state index contributed by atoms with van der Waals surface area (Å²) in [6.45, 7) is 1.07. The Kier molecular flexibility index (Phi) is 4.62. The third-order valence-electron chi connectivity index (χ3n) is 3.75. The largest absolute Gasteiger partial charge is 0.493 e. The summed E-state index contributed by atoms with van der Waals surface area (Å²) in [5.74, 6) is 1.10. The third-order valence-corrected chi connectivity index (χ3v) is 3.75. The van der Waals surface area contributed by atoms with Crippen LogP contribution in [0.25, 0.3) is 0 Å². The second kappa shape index (κ2) is 6.24. The monoisotopic (exact) mass is 280 g/mol. The fourth-order valence-corrected chi connectivity index (χ4v) is 2.47. The highest BCUT2D eigenvalue weighted by Gasteiger charge is 2.40. The van der Waals surface area contributed by atoms with Crippen molar-refractivity contribution < 1.29 is 23.7 Å². The molecule has 0 radical (unpaired) electrons. The first-order chi connectivity index (χ1) is 9.66. The van der Waals surface area contributed by atoms with Gasteiger partial charge in [-0.25, -0.2) is 0 Å². The molecule has 5 nitrogen and oxygen atoms in total. The second-order valence-corrected chi connectivity index (χ2v) is 4.71. The van der Waals surface area contributed by atoms with Gasteiger partial charge in [0.1, 0.15) is 5.60 Å². The highest BCUT2D eigenvalue weighted by atomic mass is 16.5. The maximum absolute atomic E-state index is 12.7. The van der Waals surface area contributed by atoms with Gasteiger partial charge in [0.05, 0.1) is 14.2 Å². The van der Waals surface area contributed by atoms with Crippen molar-refractivity contribution >= 4 is 5.78 Å². The predicted octanol–water partition coefficient (Wildman–Crippen LogP) is 2.08. The summed E-state index contributed by atoms with van der Waals surface area (Å²) in [6, 6.07) is 5.16. The molecule has 0 bridgehead atoms. The van der Waals surface area contributed by atoms with E-state index in [0.717, 1.165) is 0 Å². The molecule has 0 spiro atoms. The number of Topliss-reactive ketones (excluding diaryl/α,β-unsaturated/α-hetero) is 1. The van der Waals surface area contributed by atoms with E-state index in [0.29, 0.717) is 43.1 Å². The Morgan fingerprint density at radius 2 is 1.75 bits per heavy atom. The smallest absolute Gasteiger partial charge is 0.194 e. The molecule has 20 heavy (non-hydrogen) atoms. The second-order valence-electron chi connectivity index (χ2n) is 4.71. The molecule has 1 fully saturated rings. The van der Waals surface area contributed by atoms with Crippen LogP contribution in [0.2, 0.25) is 0 Å². The zero-order valence-corrected chi connectivity index (χ0v) is 12.1. The maximum Gasteiger partial charge on any atom is 0.194 e. The molecule has 0 amide bonds. The molecule has 0 aromatic heterocycles. The van der Waals surface area contributed by atoms with Crippen molar-refractivity contribution in [1.82, 2.24) is 0 Å². The van der Waals surface area contributed by atoms with Gasteiger partial charge in [0.15, 0.2) is 17.3 Å². The van der Waals surface area contributed by atoms with E-state index in [2.05, 4.69) is 0 Å². The molecule has 1 aromatic carbocycles. The lowest BCUT2D eigenvalue weighted by Crippen LogP contribution is -2.45. The fraction of sp³-hybridized carbons (Fsp3) is 0.533. The number of ketones is 1. The van der Waals surface area contributed by atoms with E-state index in [-0.39, 0.29) is 5.78 Å². The van der Waals surface area contributed by atoms with E-state index in [1.165, 1.54) is 0 Å². The van der Waals surface area contributed by atoms with Crippen LogP contribution in [0.1, 0.15) is 23.2 Å². The van der Waals surface area contributed by atoms with Crippen LogP contribution in [0, 0.1) is 0 Å². The average Bonchev–Trinajstić information content (AvgIpc) is 2.54. The number of carbonyl (C=O) groups is 1. The van der Waals surface area contributed by atoms with Gasteiger partial charge >= 0.3 is 0 Å². The van der Waals surface area contributed by atoms with Crippen LogP contribution >= 0.6 is 0 Å². The lowest BCUT2D eigenvalue weighted by atomic mass is 9.85. The Balaban J connectivity index is 2.32. The van der Waals surface area contributed by atoms with E-state index in [1.54, 1.807) is 39.5 Å².